The molecule has 5 nitrogen and oxygen atoms in total. The molecule has 20 heavy (non-hydrogen) atoms. The number of pyridine rings is 1. The summed E-state index contributed by atoms with van der Waals surface area (Å²) in [5.74, 6) is -0.146. The molecule has 1 unspecified atom stereocenters. The standard InChI is InChI=1S/C14H16ClN3O2/c1-9-13(14(19)16-7-11-3-2-6-20-11)18-8-10(15)4-5-12(18)17-9/h4-5,8,11H,2-3,6-7H2,1H3,(H,16,19). The number of hydrogen-bond donors (Lipinski definition) is 1. The molecular weight excluding hydrogens is 278 g/mol. The van der Waals surface area contributed by atoms with Crippen LogP contribution >= 0.6 is 11.6 Å². The Morgan fingerprint density at radius 2 is 2.45 bits per heavy atom. The Morgan fingerprint density at radius 3 is 3.20 bits per heavy atom. The van der Waals surface area contributed by atoms with Crippen molar-refractivity contribution in [2.75, 3.05) is 13.2 Å². The number of aromatic nitrogens is 2. The van der Waals surface area contributed by atoms with Crippen molar-refractivity contribution in [3.8, 4) is 0 Å². The first kappa shape index (κ1) is 13.4. The van der Waals surface area contributed by atoms with Crippen molar-refractivity contribution in [2.24, 2.45) is 0 Å². The third-order valence-electron chi connectivity index (χ3n) is 3.49. The highest BCUT2D eigenvalue weighted by molar-refractivity contribution is 6.30. The van der Waals surface area contributed by atoms with E-state index in [1.807, 2.05) is 6.92 Å². The molecule has 1 fully saturated rings. The van der Waals surface area contributed by atoms with Crippen molar-refractivity contribution in [1.29, 1.82) is 0 Å². The molecular formula is C14H16ClN3O2. The number of nitrogens with one attached hydrogen (secondary N) is 1. The van der Waals surface area contributed by atoms with Crippen LogP contribution in [0.25, 0.3) is 5.65 Å². The van der Waals surface area contributed by atoms with Gasteiger partial charge in [0.25, 0.3) is 5.91 Å². The molecule has 1 aliphatic rings. The molecule has 1 atom stereocenters. The zero-order valence-electron chi connectivity index (χ0n) is 11.2. The fourth-order valence-corrected chi connectivity index (χ4v) is 2.67. The fraction of sp³-hybridized carbons (Fsp3) is 0.429. The van der Waals surface area contributed by atoms with Gasteiger partial charge in [0.05, 0.1) is 16.8 Å². The highest BCUT2D eigenvalue weighted by Gasteiger charge is 2.20. The molecule has 6 heteroatoms. The van der Waals surface area contributed by atoms with Crippen molar-refractivity contribution >= 4 is 23.2 Å². The Bertz CT molecular complexity index is 647. The number of imidazole rings is 1. The number of fused-ring (bicyclic) bond motifs is 1. The topological polar surface area (TPSA) is 55.6 Å². The van der Waals surface area contributed by atoms with Crippen molar-refractivity contribution in [2.45, 2.75) is 25.9 Å². The second kappa shape index (κ2) is 5.42. The van der Waals surface area contributed by atoms with Crippen LogP contribution < -0.4 is 5.32 Å². The van der Waals surface area contributed by atoms with E-state index >= 15 is 0 Å². The van der Waals surface area contributed by atoms with E-state index in [4.69, 9.17) is 16.3 Å². The van der Waals surface area contributed by atoms with E-state index in [2.05, 4.69) is 10.3 Å². The molecule has 2 aromatic heterocycles. The van der Waals surface area contributed by atoms with Crippen molar-refractivity contribution in [3.05, 3.63) is 34.7 Å². The van der Waals surface area contributed by atoms with Gasteiger partial charge in [0, 0.05) is 19.3 Å². The maximum atomic E-state index is 12.3. The molecule has 1 saturated heterocycles. The fourth-order valence-electron chi connectivity index (χ4n) is 2.51. The lowest BCUT2D eigenvalue weighted by Gasteiger charge is -2.11. The zero-order valence-corrected chi connectivity index (χ0v) is 12.0. The summed E-state index contributed by atoms with van der Waals surface area (Å²) in [6, 6.07) is 3.56. The van der Waals surface area contributed by atoms with E-state index in [1.165, 1.54) is 0 Å². The van der Waals surface area contributed by atoms with Crippen LogP contribution in [-0.4, -0.2) is 34.5 Å². The maximum absolute atomic E-state index is 12.3. The first-order valence-corrected chi connectivity index (χ1v) is 7.07. The van der Waals surface area contributed by atoms with Crippen molar-refractivity contribution in [3.63, 3.8) is 0 Å². The van der Waals surface area contributed by atoms with Gasteiger partial charge in [-0.1, -0.05) is 11.6 Å². The lowest BCUT2D eigenvalue weighted by Crippen LogP contribution is -2.32. The number of hydrogen-bond acceptors (Lipinski definition) is 3. The Labute approximate surface area is 121 Å². The van der Waals surface area contributed by atoms with E-state index in [1.54, 1.807) is 22.7 Å². The van der Waals surface area contributed by atoms with Gasteiger partial charge in [-0.25, -0.2) is 4.98 Å². The first-order valence-electron chi connectivity index (χ1n) is 6.69. The molecule has 0 spiro atoms. The molecule has 106 valence electrons. The van der Waals surface area contributed by atoms with Crippen LogP contribution in [0.4, 0.5) is 0 Å². The van der Waals surface area contributed by atoms with E-state index in [0.717, 1.165) is 19.4 Å². The maximum Gasteiger partial charge on any atom is 0.270 e. The second-order valence-corrected chi connectivity index (χ2v) is 5.40. The molecule has 0 saturated carbocycles. The van der Waals surface area contributed by atoms with Crippen LogP contribution in [0.1, 0.15) is 29.0 Å². The minimum atomic E-state index is -0.146. The number of halogens is 1. The van der Waals surface area contributed by atoms with Crippen LogP contribution in [0.5, 0.6) is 0 Å². The van der Waals surface area contributed by atoms with Gasteiger partial charge < -0.3 is 10.1 Å². The van der Waals surface area contributed by atoms with Crippen LogP contribution in [0.3, 0.4) is 0 Å². The minimum Gasteiger partial charge on any atom is -0.376 e. The van der Waals surface area contributed by atoms with Gasteiger partial charge in [0.15, 0.2) is 0 Å². The van der Waals surface area contributed by atoms with E-state index in [0.29, 0.717) is 28.6 Å². The number of nitrogens with zero attached hydrogens (tertiary/aromatic N) is 2. The van der Waals surface area contributed by atoms with Crippen LogP contribution in [-0.2, 0) is 4.74 Å². The van der Waals surface area contributed by atoms with Gasteiger partial charge in [-0.3, -0.25) is 9.20 Å². The summed E-state index contributed by atoms with van der Waals surface area (Å²) in [7, 11) is 0. The average Bonchev–Trinajstić information content (AvgIpc) is 3.02. The molecule has 2 aromatic rings. The second-order valence-electron chi connectivity index (χ2n) is 4.97. The lowest BCUT2D eigenvalue weighted by atomic mass is 10.2. The average molecular weight is 294 g/mol. The number of amides is 1. The first-order chi connectivity index (χ1) is 9.65. The van der Waals surface area contributed by atoms with E-state index in [9.17, 15) is 4.79 Å². The monoisotopic (exact) mass is 293 g/mol. The van der Waals surface area contributed by atoms with Gasteiger partial charge in [-0.05, 0) is 31.9 Å². The van der Waals surface area contributed by atoms with Crippen molar-refractivity contribution < 1.29 is 9.53 Å². The van der Waals surface area contributed by atoms with Gasteiger partial charge in [-0.15, -0.1) is 0 Å². The zero-order chi connectivity index (χ0) is 14.1. The predicted octanol–water partition coefficient (Wildman–Crippen LogP) is 2.20. The van der Waals surface area contributed by atoms with Crippen LogP contribution in [0, 0.1) is 6.92 Å². The van der Waals surface area contributed by atoms with Gasteiger partial charge >= 0.3 is 0 Å². The summed E-state index contributed by atoms with van der Waals surface area (Å²) in [5.41, 5.74) is 1.94. The number of carbonyl (C=O) groups excluding carboxylic acids is 1. The number of aryl methyl sites for hydroxylation is 1. The Hall–Kier alpha value is -1.59. The smallest absolute Gasteiger partial charge is 0.270 e. The molecule has 3 heterocycles. The summed E-state index contributed by atoms with van der Waals surface area (Å²) in [6.07, 6.45) is 3.89. The Balaban J connectivity index is 1.82. The van der Waals surface area contributed by atoms with Crippen LogP contribution in [0.15, 0.2) is 18.3 Å². The van der Waals surface area contributed by atoms with E-state index < -0.39 is 0 Å². The highest BCUT2D eigenvalue weighted by Crippen LogP contribution is 2.16. The number of ether oxygens (including phenoxy) is 1. The number of rotatable bonds is 3. The molecule has 3 rings (SSSR count). The summed E-state index contributed by atoms with van der Waals surface area (Å²) in [6.45, 7) is 3.14. The molecule has 1 aliphatic heterocycles. The predicted molar refractivity (Wildman–Crippen MR) is 76.2 cm³/mol. The van der Waals surface area contributed by atoms with Gasteiger partial charge in [0.1, 0.15) is 11.3 Å². The van der Waals surface area contributed by atoms with Gasteiger partial charge in [0.2, 0.25) is 0 Å². The summed E-state index contributed by atoms with van der Waals surface area (Å²) in [5, 5.41) is 3.48. The SMILES string of the molecule is Cc1nc2ccc(Cl)cn2c1C(=O)NCC1CCCO1. The Kier molecular flexibility index (Phi) is 3.63. The molecule has 0 aromatic carbocycles. The summed E-state index contributed by atoms with van der Waals surface area (Å²) < 4.78 is 7.22. The van der Waals surface area contributed by atoms with E-state index in [-0.39, 0.29) is 12.0 Å². The Morgan fingerprint density at radius 1 is 1.60 bits per heavy atom. The lowest BCUT2D eigenvalue weighted by molar-refractivity contribution is 0.0852. The molecule has 1 N–H and O–H groups in total. The third kappa shape index (κ3) is 2.51. The normalized spacial score (nSPS) is 18.6. The van der Waals surface area contributed by atoms with Crippen molar-refractivity contribution in [1.82, 2.24) is 14.7 Å². The van der Waals surface area contributed by atoms with Crippen LogP contribution in [0.2, 0.25) is 5.02 Å². The molecule has 0 aliphatic carbocycles. The quantitative estimate of drug-likeness (QED) is 0.944. The largest absolute Gasteiger partial charge is 0.376 e. The van der Waals surface area contributed by atoms with Gasteiger partial charge in [-0.2, -0.15) is 0 Å². The number of carbonyl (C=O) groups is 1. The molecule has 0 bridgehead atoms. The molecule has 1 amide bonds. The highest BCUT2D eigenvalue weighted by atomic mass is 35.5. The third-order valence-corrected chi connectivity index (χ3v) is 3.71. The molecule has 0 radical (unpaired) electrons. The summed E-state index contributed by atoms with van der Waals surface area (Å²) >= 11 is 5.98. The minimum absolute atomic E-state index is 0.127. The summed E-state index contributed by atoms with van der Waals surface area (Å²) in [4.78, 5) is 16.7.